The maximum absolute atomic E-state index is 12.5. The SMILES string of the molecule is CC1(C)OC(=O)C(c2cccc(Cl)c2)=C1c1ccc(C[SH](=O)=O)cc1. The lowest BCUT2D eigenvalue weighted by Gasteiger charge is -2.22. The maximum Gasteiger partial charge on any atom is 0.340 e. The van der Waals surface area contributed by atoms with Crippen LogP contribution in [-0.2, 0) is 26.0 Å². The minimum absolute atomic E-state index is 0.00532. The predicted molar refractivity (Wildman–Crippen MR) is 98.9 cm³/mol. The highest BCUT2D eigenvalue weighted by molar-refractivity contribution is 7.71. The third kappa shape index (κ3) is 3.62. The third-order valence-electron chi connectivity index (χ3n) is 4.07. The highest BCUT2D eigenvalue weighted by Gasteiger charge is 2.41. The summed E-state index contributed by atoms with van der Waals surface area (Å²) in [7, 11) is -2.48. The average molecular weight is 377 g/mol. The van der Waals surface area contributed by atoms with Crippen LogP contribution in [0.25, 0.3) is 11.1 Å². The average Bonchev–Trinajstić information content (AvgIpc) is 2.76. The van der Waals surface area contributed by atoms with Gasteiger partial charge in [0.05, 0.1) is 11.3 Å². The number of hydrogen-bond donors (Lipinski definition) is 1. The molecule has 1 heterocycles. The van der Waals surface area contributed by atoms with Crippen LogP contribution in [0.3, 0.4) is 0 Å². The summed E-state index contributed by atoms with van der Waals surface area (Å²) in [5, 5.41) is 0.538. The summed E-state index contributed by atoms with van der Waals surface area (Å²) >= 11 is 6.07. The molecule has 2 aromatic carbocycles. The Morgan fingerprint density at radius 2 is 1.72 bits per heavy atom. The summed E-state index contributed by atoms with van der Waals surface area (Å²) < 4.78 is 27.3. The van der Waals surface area contributed by atoms with E-state index in [0.717, 1.165) is 11.1 Å². The van der Waals surface area contributed by atoms with Crippen molar-refractivity contribution in [1.29, 1.82) is 0 Å². The smallest absolute Gasteiger partial charge is 0.340 e. The predicted octanol–water partition coefficient (Wildman–Crippen LogP) is 3.70. The van der Waals surface area contributed by atoms with Crippen molar-refractivity contribution in [2.45, 2.75) is 25.2 Å². The molecule has 0 amide bonds. The number of carbonyl (C=O) groups excluding carboxylic acids is 1. The molecule has 0 aliphatic carbocycles. The Kier molecular flexibility index (Phi) is 4.71. The number of halogens is 1. The van der Waals surface area contributed by atoms with Gasteiger partial charge in [-0.25, -0.2) is 13.2 Å². The lowest BCUT2D eigenvalue weighted by Crippen LogP contribution is -2.22. The summed E-state index contributed by atoms with van der Waals surface area (Å²) in [6, 6.07) is 14.2. The van der Waals surface area contributed by atoms with Gasteiger partial charge in [0.2, 0.25) is 0 Å². The van der Waals surface area contributed by atoms with Crippen molar-refractivity contribution in [2.75, 3.05) is 0 Å². The molecule has 2 aromatic rings. The first-order valence-electron chi connectivity index (χ1n) is 7.73. The number of thiol groups is 1. The van der Waals surface area contributed by atoms with E-state index in [1.54, 1.807) is 30.3 Å². The summed E-state index contributed by atoms with van der Waals surface area (Å²) in [5.74, 6) is -0.400. The molecule has 0 radical (unpaired) electrons. The largest absolute Gasteiger partial charge is 0.451 e. The van der Waals surface area contributed by atoms with Crippen LogP contribution in [0, 0.1) is 0 Å². The van der Waals surface area contributed by atoms with E-state index in [4.69, 9.17) is 16.3 Å². The Morgan fingerprint density at radius 3 is 2.32 bits per heavy atom. The number of carbonyl (C=O) groups is 1. The fourth-order valence-corrected chi connectivity index (χ4v) is 3.76. The number of hydrogen-bond acceptors (Lipinski definition) is 4. The molecule has 0 unspecified atom stereocenters. The lowest BCUT2D eigenvalue weighted by atomic mass is 9.86. The highest BCUT2D eigenvalue weighted by atomic mass is 35.5. The lowest BCUT2D eigenvalue weighted by molar-refractivity contribution is -0.141. The Hall–Kier alpha value is -2.11. The second-order valence-electron chi connectivity index (χ2n) is 6.35. The topological polar surface area (TPSA) is 60.4 Å². The molecule has 0 fully saturated rings. The van der Waals surface area contributed by atoms with Crippen molar-refractivity contribution in [3.8, 4) is 0 Å². The minimum atomic E-state index is -2.48. The first-order valence-corrected chi connectivity index (χ1v) is 9.47. The van der Waals surface area contributed by atoms with E-state index in [1.807, 2.05) is 32.0 Å². The van der Waals surface area contributed by atoms with Gasteiger partial charge < -0.3 is 4.74 Å². The summed E-state index contributed by atoms with van der Waals surface area (Å²) in [6.07, 6.45) is 0. The van der Waals surface area contributed by atoms with Gasteiger partial charge in [0.25, 0.3) is 0 Å². The molecule has 0 saturated carbocycles. The van der Waals surface area contributed by atoms with Crippen LogP contribution < -0.4 is 0 Å². The molecule has 4 nitrogen and oxygen atoms in total. The molecule has 130 valence electrons. The van der Waals surface area contributed by atoms with Gasteiger partial charge in [-0.1, -0.05) is 48.0 Å². The van der Waals surface area contributed by atoms with Crippen molar-refractivity contribution in [2.24, 2.45) is 0 Å². The molecule has 0 atom stereocenters. The van der Waals surface area contributed by atoms with Crippen molar-refractivity contribution in [1.82, 2.24) is 0 Å². The minimum Gasteiger partial charge on any atom is -0.451 e. The molecule has 0 saturated heterocycles. The molecule has 25 heavy (non-hydrogen) atoms. The van der Waals surface area contributed by atoms with Crippen molar-refractivity contribution in [3.05, 3.63) is 70.2 Å². The molecule has 0 N–H and O–H groups in total. The van der Waals surface area contributed by atoms with Crippen molar-refractivity contribution in [3.63, 3.8) is 0 Å². The molecule has 3 rings (SSSR count). The molecule has 1 aliphatic heterocycles. The van der Waals surface area contributed by atoms with E-state index in [1.165, 1.54) is 0 Å². The van der Waals surface area contributed by atoms with Gasteiger partial charge in [-0.05, 0) is 42.7 Å². The normalized spacial score (nSPS) is 16.4. The standard InChI is InChI=1S/C19H17ClO4S/c1-19(2)17(13-8-6-12(7-9-13)11-25(22)23)16(18(21)24-19)14-4-3-5-15(20)10-14/h3-10,25H,11H2,1-2H3. The zero-order valence-corrected chi connectivity index (χ0v) is 15.4. The Balaban J connectivity index is 2.15. The van der Waals surface area contributed by atoms with E-state index < -0.39 is 22.3 Å². The van der Waals surface area contributed by atoms with E-state index in [9.17, 15) is 13.2 Å². The quantitative estimate of drug-likeness (QED) is 0.653. The summed E-state index contributed by atoms with van der Waals surface area (Å²) in [5.41, 5.74) is 2.67. The number of cyclic esters (lactones) is 1. The van der Waals surface area contributed by atoms with E-state index in [-0.39, 0.29) is 5.75 Å². The van der Waals surface area contributed by atoms with Gasteiger partial charge in [-0.2, -0.15) is 0 Å². The zero-order valence-electron chi connectivity index (χ0n) is 13.8. The van der Waals surface area contributed by atoms with Crippen LogP contribution in [0.4, 0.5) is 0 Å². The van der Waals surface area contributed by atoms with Crippen molar-refractivity contribution < 1.29 is 17.9 Å². The molecule has 0 spiro atoms. The first kappa shape index (κ1) is 17.7. The van der Waals surface area contributed by atoms with Crippen LogP contribution in [0.2, 0.25) is 5.02 Å². The van der Waals surface area contributed by atoms with Gasteiger partial charge in [-0.15, -0.1) is 0 Å². The molecular weight excluding hydrogens is 360 g/mol. The molecule has 1 aliphatic rings. The number of rotatable bonds is 4. The van der Waals surface area contributed by atoms with Crippen LogP contribution >= 0.6 is 11.6 Å². The molecule has 6 heteroatoms. The molecule has 0 bridgehead atoms. The maximum atomic E-state index is 12.5. The summed E-state index contributed by atoms with van der Waals surface area (Å²) in [6.45, 7) is 3.67. The fraction of sp³-hybridized carbons (Fsp3) is 0.211. The highest BCUT2D eigenvalue weighted by Crippen LogP contribution is 2.44. The summed E-state index contributed by atoms with van der Waals surface area (Å²) in [4.78, 5) is 12.5. The zero-order chi connectivity index (χ0) is 18.2. The number of benzene rings is 2. The molecular formula is C19H17ClO4S. The Bertz CT molecular complexity index is 932. The van der Waals surface area contributed by atoms with Crippen LogP contribution in [0.15, 0.2) is 48.5 Å². The van der Waals surface area contributed by atoms with Crippen molar-refractivity contribution >= 4 is 39.4 Å². The Morgan fingerprint density at radius 1 is 1.04 bits per heavy atom. The van der Waals surface area contributed by atoms with E-state index >= 15 is 0 Å². The fourth-order valence-electron chi connectivity index (χ4n) is 3.06. The first-order chi connectivity index (χ1) is 11.8. The second kappa shape index (κ2) is 6.65. The number of ether oxygens (including phenoxy) is 1. The van der Waals surface area contributed by atoms with Gasteiger partial charge in [0.1, 0.15) is 16.3 Å². The monoisotopic (exact) mass is 376 g/mol. The van der Waals surface area contributed by atoms with Crippen LogP contribution in [-0.4, -0.2) is 20.0 Å². The van der Waals surface area contributed by atoms with Gasteiger partial charge in [-0.3, -0.25) is 0 Å². The molecule has 0 aromatic heterocycles. The van der Waals surface area contributed by atoms with Gasteiger partial charge in [0, 0.05) is 10.6 Å². The third-order valence-corrected chi connectivity index (χ3v) is 4.93. The number of esters is 1. The van der Waals surface area contributed by atoms with Gasteiger partial charge in [0.15, 0.2) is 0 Å². The van der Waals surface area contributed by atoms with Crippen LogP contribution in [0.5, 0.6) is 0 Å². The van der Waals surface area contributed by atoms with E-state index in [2.05, 4.69) is 0 Å². The van der Waals surface area contributed by atoms with Gasteiger partial charge >= 0.3 is 5.97 Å². The second-order valence-corrected chi connectivity index (χ2v) is 7.77. The Labute approximate surface area is 153 Å². The van der Waals surface area contributed by atoms with E-state index in [0.29, 0.717) is 21.7 Å². The van der Waals surface area contributed by atoms with Crippen LogP contribution in [0.1, 0.15) is 30.5 Å².